The minimum atomic E-state index is -0.658. The average molecular weight is 333 g/mol. The summed E-state index contributed by atoms with van der Waals surface area (Å²) in [6.45, 7) is 3.79. The van der Waals surface area contributed by atoms with E-state index in [2.05, 4.69) is 6.07 Å². The molecule has 3 aromatic heterocycles. The zero-order valence-electron chi connectivity index (χ0n) is 14.1. The van der Waals surface area contributed by atoms with Crippen molar-refractivity contribution in [2.45, 2.75) is 19.9 Å². The fourth-order valence-corrected chi connectivity index (χ4v) is 2.94. The third-order valence-corrected chi connectivity index (χ3v) is 4.45. The number of esters is 1. The van der Waals surface area contributed by atoms with E-state index in [1.54, 1.807) is 6.07 Å². The van der Waals surface area contributed by atoms with Crippen LogP contribution < -0.4 is 10.5 Å². The van der Waals surface area contributed by atoms with Crippen LogP contribution in [0.25, 0.3) is 27.3 Å². The second-order valence-electron chi connectivity index (χ2n) is 6.57. The third-order valence-electron chi connectivity index (χ3n) is 4.45. The number of nitrogens with zero attached hydrogens (tertiary/aromatic N) is 2. The monoisotopic (exact) mass is 333 g/mol. The predicted molar refractivity (Wildman–Crippen MR) is 98.7 cm³/mol. The van der Waals surface area contributed by atoms with Gasteiger partial charge in [-0.3, -0.25) is 0 Å². The van der Waals surface area contributed by atoms with Crippen LogP contribution in [-0.2, 0) is 4.79 Å². The second-order valence-corrected chi connectivity index (χ2v) is 6.57. The summed E-state index contributed by atoms with van der Waals surface area (Å²) in [6, 6.07) is 13.0. The Hall–Kier alpha value is -2.92. The number of benzene rings is 1. The van der Waals surface area contributed by atoms with E-state index >= 15 is 0 Å². The molecule has 0 bridgehead atoms. The Balaban J connectivity index is 1.87. The highest BCUT2D eigenvalue weighted by Crippen LogP contribution is 2.30. The molecule has 0 fully saturated rings. The van der Waals surface area contributed by atoms with Gasteiger partial charge in [0.05, 0.1) is 11.0 Å². The summed E-state index contributed by atoms with van der Waals surface area (Å²) >= 11 is 0. The van der Waals surface area contributed by atoms with E-state index in [9.17, 15) is 4.79 Å². The highest BCUT2D eigenvalue weighted by molar-refractivity contribution is 6.02. The number of carbonyl (C=O) groups excluding carboxylic acids is 1. The van der Waals surface area contributed by atoms with Gasteiger partial charge < -0.3 is 14.9 Å². The smallest absolute Gasteiger partial charge is 0.328 e. The van der Waals surface area contributed by atoms with E-state index in [-0.39, 0.29) is 5.92 Å². The molecule has 0 saturated heterocycles. The first-order valence-corrected chi connectivity index (χ1v) is 8.31. The molecule has 5 heteroatoms. The van der Waals surface area contributed by atoms with Crippen LogP contribution in [0.5, 0.6) is 5.75 Å². The first-order chi connectivity index (χ1) is 12.0. The first kappa shape index (κ1) is 15.6. The minimum Gasteiger partial charge on any atom is -0.423 e. The first-order valence-electron chi connectivity index (χ1n) is 8.31. The van der Waals surface area contributed by atoms with Crippen molar-refractivity contribution in [3.05, 3.63) is 54.9 Å². The minimum absolute atomic E-state index is 0.0116. The molecule has 4 rings (SSSR count). The molecule has 4 aromatic rings. The number of ether oxygens (including phenoxy) is 1. The number of pyridine rings is 2. The maximum Gasteiger partial charge on any atom is 0.328 e. The number of hydrogen-bond donors (Lipinski definition) is 1. The van der Waals surface area contributed by atoms with Gasteiger partial charge in [-0.1, -0.05) is 32.0 Å². The van der Waals surface area contributed by atoms with Crippen molar-refractivity contribution in [1.29, 1.82) is 0 Å². The lowest BCUT2D eigenvalue weighted by Crippen LogP contribution is -2.38. The summed E-state index contributed by atoms with van der Waals surface area (Å²) in [6.07, 6.45) is 4.04. The van der Waals surface area contributed by atoms with Gasteiger partial charge in [-0.05, 0) is 30.2 Å². The number of para-hydroxylation sites is 1. The molecular weight excluding hydrogens is 314 g/mol. The summed E-state index contributed by atoms with van der Waals surface area (Å²) < 4.78 is 7.59. The number of aromatic nitrogens is 2. The van der Waals surface area contributed by atoms with E-state index in [4.69, 9.17) is 15.5 Å². The van der Waals surface area contributed by atoms with E-state index in [0.717, 1.165) is 21.8 Å². The van der Waals surface area contributed by atoms with Gasteiger partial charge in [-0.2, -0.15) is 0 Å². The molecule has 2 N–H and O–H groups in total. The van der Waals surface area contributed by atoms with E-state index in [0.29, 0.717) is 11.3 Å². The number of carbonyl (C=O) groups is 1. The van der Waals surface area contributed by atoms with Crippen molar-refractivity contribution in [2.75, 3.05) is 0 Å². The molecule has 1 atom stereocenters. The van der Waals surface area contributed by atoms with Crippen molar-refractivity contribution in [3.63, 3.8) is 0 Å². The van der Waals surface area contributed by atoms with Crippen LogP contribution in [0.15, 0.2) is 54.9 Å². The lowest BCUT2D eigenvalue weighted by molar-refractivity contribution is -0.136. The van der Waals surface area contributed by atoms with Crippen LogP contribution >= 0.6 is 0 Å². The van der Waals surface area contributed by atoms with Gasteiger partial charge >= 0.3 is 5.97 Å². The SMILES string of the molecule is CC(C)[C@H](N)C(=O)Oc1cccc2cc3cn4ccccc4c3nc12. The summed E-state index contributed by atoms with van der Waals surface area (Å²) in [5, 5.41) is 1.97. The van der Waals surface area contributed by atoms with Gasteiger partial charge in [0.15, 0.2) is 5.75 Å². The quantitative estimate of drug-likeness (QED) is 0.460. The van der Waals surface area contributed by atoms with E-state index < -0.39 is 12.0 Å². The zero-order valence-corrected chi connectivity index (χ0v) is 14.1. The maximum absolute atomic E-state index is 12.2. The summed E-state index contributed by atoms with van der Waals surface area (Å²) in [4.78, 5) is 17.0. The molecule has 0 aliphatic heterocycles. The second kappa shape index (κ2) is 5.86. The Bertz CT molecular complexity index is 1100. The highest BCUT2D eigenvalue weighted by atomic mass is 16.5. The van der Waals surface area contributed by atoms with Crippen LogP contribution in [0.4, 0.5) is 0 Å². The molecule has 0 amide bonds. The van der Waals surface area contributed by atoms with Crippen LogP contribution in [0.2, 0.25) is 0 Å². The fourth-order valence-electron chi connectivity index (χ4n) is 2.94. The summed E-state index contributed by atoms with van der Waals surface area (Å²) in [7, 11) is 0. The zero-order chi connectivity index (χ0) is 17.6. The highest BCUT2D eigenvalue weighted by Gasteiger charge is 2.21. The van der Waals surface area contributed by atoms with Crippen LogP contribution in [0.3, 0.4) is 0 Å². The maximum atomic E-state index is 12.2. The standard InChI is InChI=1S/C20H19N3O2/c1-12(2)17(21)20(24)25-16-8-5-6-13-10-14-11-23-9-4-3-7-15(23)18(14)22-19(13)16/h3-12,17H,21H2,1-2H3/t17-/m0/s1. The number of hydrogen-bond acceptors (Lipinski definition) is 4. The molecule has 0 unspecified atom stereocenters. The summed E-state index contributed by atoms with van der Waals surface area (Å²) in [5.74, 6) is 0.0134. The lowest BCUT2D eigenvalue weighted by atomic mass is 10.1. The lowest BCUT2D eigenvalue weighted by Gasteiger charge is -2.15. The number of fused-ring (bicyclic) bond motifs is 4. The molecule has 0 aliphatic rings. The largest absolute Gasteiger partial charge is 0.423 e. The van der Waals surface area contributed by atoms with Crippen LogP contribution in [-0.4, -0.2) is 21.4 Å². The van der Waals surface area contributed by atoms with E-state index in [1.165, 1.54) is 0 Å². The van der Waals surface area contributed by atoms with Crippen LogP contribution in [0, 0.1) is 5.92 Å². The molecule has 0 aliphatic carbocycles. The van der Waals surface area contributed by atoms with E-state index in [1.807, 2.05) is 61.0 Å². The van der Waals surface area contributed by atoms with Gasteiger partial charge in [0.1, 0.15) is 11.6 Å². The van der Waals surface area contributed by atoms with Gasteiger partial charge in [0.2, 0.25) is 0 Å². The molecule has 0 saturated carbocycles. The van der Waals surface area contributed by atoms with Crippen molar-refractivity contribution in [2.24, 2.45) is 11.7 Å². The Kier molecular flexibility index (Phi) is 3.66. The number of nitrogens with two attached hydrogens (primary N) is 1. The molecule has 25 heavy (non-hydrogen) atoms. The molecule has 0 radical (unpaired) electrons. The van der Waals surface area contributed by atoms with Gasteiger partial charge in [0.25, 0.3) is 0 Å². The molecular formula is C20H19N3O2. The van der Waals surface area contributed by atoms with Gasteiger partial charge in [-0.15, -0.1) is 0 Å². The topological polar surface area (TPSA) is 69.6 Å². The molecule has 0 spiro atoms. The van der Waals surface area contributed by atoms with Crippen molar-refractivity contribution >= 4 is 33.3 Å². The molecule has 5 nitrogen and oxygen atoms in total. The molecule has 3 heterocycles. The Morgan fingerprint density at radius 3 is 2.76 bits per heavy atom. The van der Waals surface area contributed by atoms with Crippen LogP contribution in [0.1, 0.15) is 13.8 Å². The third kappa shape index (κ3) is 2.62. The van der Waals surface area contributed by atoms with Crippen molar-refractivity contribution in [1.82, 2.24) is 9.38 Å². The summed E-state index contributed by atoms with van der Waals surface area (Å²) in [5.41, 5.74) is 8.46. The normalized spacial score (nSPS) is 13.0. The number of rotatable bonds is 3. The molecule has 126 valence electrons. The van der Waals surface area contributed by atoms with Crippen molar-refractivity contribution in [3.8, 4) is 5.75 Å². The Labute approximate surface area is 145 Å². The predicted octanol–water partition coefficient (Wildman–Crippen LogP) is 3.53. The van der Waals surface area contributed by atoms with Gasteiger partial charge in [0, 0.05) is 23.2 Å². The molecule has 1 aromatic carbocycles. The van der Waals surface area contributed by atoms with Crippen molar-refractivity contribution < 1.29 is 9.53 Å². The fraction of sp³-hybridized carbons (Fsp3) is 0.200. The Morgan fingerprint density at radius 1 is 1.12 bits per heavy atom. The Morgan fingerprint density at radius 2 is 1.96 bits per heavy atom. The average Bonchev–Trinajstić information content (AvgIpc) is 2.97. The van der Waals surface area contributed by atoms with Gasteiger partial charge in [-0.25, -0.2) is 9.78 Å².